The summed E-state index contributed by atoms with van der Waals surface area (Å²) in [7, 11) is 0. The quantitative estimate of drug-likeness (QED) is 0.614. The summed E-state index contributed by atoms with van der Waals surface area (Å²) in [6.07, 6.45) is 0.789. The van der Waals surface area contributed by atoms with E-state index in [1.165, 1.54) is 12.1 Å². The molecule has 0 spiro atoms. The molecule has 0 aromatic heterocycles. The summed E-state index contributed by atoms with van der Waals surface area (Å²) in [4.78, 5) is 0. The van der Waals surface area contributed by atoms with Gasteiger partial charge in [-0.25, -0.2) is 4.39 Å². The van der Waals surface area contributed by atoms with Gasteiger partial charge in [0.1, 0.15) is 5.82 Å². The first-order chi connectivity index (χ1) is 5.74. The number of nitrogens with two attached hydrogens (primary N) is 1. The molecule has 1 aromatic rings. The maximum atomic E-state index is 12.6. The summed E-state index contributed by atoms with van der Waals surface area (Å²) in [6, 6.07) is 4.64. The summed E-state index contributed by atoms with van der Waals surface area (Å²) in [6.45, 7) is 0.685. The maximum Gasteiger partial charge on any atom is 0.124 e. The Morgan fingerprint density at radius 1 is 1.50 bits per heavy atom. The predicted octanol–water partition coefficient (Wildman–Crippen LogP) is 1.59. The Morgan fingerprint density at radius 2 is 2.25 bits per heavy atom. The molecule has 0 unspecified atom stereocenters. The first kappa shape index (κ1) is 9.64. The monoisotopic (exact) mass is 232 g/mol. The summed E-state index contributed by atoms with van der Waals surface area (Å²) in [5, 5.41) is 0. The second kappa shape index (κ2) is 4.54. The molecule has 2 nitrogen and oxygen atoms in total. The zero-order valence-electron chi connectivity index (χ0n) is 6.48. The zero-order chi connectivity index (χ0) is 8.97. The molecule has 0 bridgehead atoms. The van der Waals surface area contributed by atoms with Gasteiger partial charge in [-0.2, -0.15) is 0 Å². The van der Waals surface area contributed by atoms with Crippen molar-refractivity contribution in [3.63, 3.8) is 0 Å². The Morgan fingerprint density at radius 3 is 2.83 bits per heavy atom. The van der Waals surface area contributed by atoms with Crippen molar-refractivity contribution in [3.05, 3.63) is 34.1 Å². The minimum Gasteiger partial charge on any atom is -0.271 e. The largest absolute Gasteiger partial charge is 0.271 e. The molecular formula is C8H10BrFN2. The Labute approximate surface area is 79.1 Å². The van der Waals surface area contributed by atoms with E-state index in [-0.39, 0.29) is 5.82 Å². The molecule has 12 heavy (non-hydrogen) atoms. The molecule has 3 N–H and O–H groups in total. The summed E-state index contributed by atoms with van der Waals surface area (Å²) >= 11 is 3.27. The first-order valence-corrected chi connectivity index (χ1v) is 4.40. The van der Waals surface area contributed by atoms with E-state index in [1.54, 1.807) is 6.07 Å². The van der Waals surface area contributed by atoms with Crippen LogP contribution in [0.4, 0.5) is 4.39 Å². The topological polar surface area (TPSA) is 38.0 Å². The fourth-order valence-corrected chi connectivity index (χ4v) is 1.48. The van der Waals surface area contributed by atoms with E-state index in [4.69, 9.17) is 5.84 Å². The fourth-order valence-electron chi connectivity index (χ4n) is 0.931. The Hall–Kier alpha value is -0.450. The van der Waals surface area contributed by atoms with Gasteiger partial charge in [0.15, 0.2) is 0 Å². The van der Waals surface area contributed by atoms with E-state index < -0.39 is 0 Å². The molecule has 0 aliphatic carbocycles. The highest BCUT2D eigenvalue weighted by Gasteiger charge is 1.99. The van der Waals surface area contributed by atoms with Gasteiger partial charge in [-0.3, -0.25) is 11.3 Å². The molecular weight excluding hydrogens is 223 g/mol. The highest BCUT2D eigenvalue weighted by atomic mass is 79.9. The molecule has 0 atom stereocenters. The van der Waals surface area contributed by atoms with Crippen molar-refractivity contribution in [3.8, 4) is 0 Å². The highest BCUT2D eigenvalue weighted by molar-refractivity contribution is 9.10. The van der Waals surface area contributed by atoms with Crippen LogP contribution in [0, 0.1) is 5.82 Å². The second-order valence-electron chi connectivity index (χ2n) is 2.44. The van der Waals surface area contributed by atoms with Gasteiger partial charge in [0.2, 0.25) is 0 Å². The number of hydrazine groups is 1. The zero-order valence-corrected chi connectivity index (χ0v) is 8.07. The summed E-state index contributed by atoms with van der Waals surface area (Å²) in [5.74, 6) is 4.89. The lowest BCUT2D eigenvalue weighted by atomic mass is 10.1. The smallest absolute Gasteiger partial charge is 0.124 e. The standard InChI is InChI=1S/C8H10BrFN2/c9-8-5-7(10)2-1-6(8)3-4-12-11/h1-2,5,12H,3-4,11H2. The third kappa shape index (κ3) is 2.55. The molecule has 0 saturated heterocycles. The SMILES string of the molecule is NNCCc1ccc(F)cc1Br. The minimum atomic E-state index is -0.230. The molecule has 1 rings (SSSR count). The van der Waals surface area contributed by atoms with Crippen LogP contribution in [0.5, 0.6) is 0 Å². The van der Waals surface area contributed by atoms with Gasteiger partial charge in [-0.15, -0.1) is 0 Å². The number of nitrogens with one attached hydrogen (secondary N) is 1. The Balaban J connectivity index is 2.72. The van der Waals surface area contributed by atoms with Gasteiger partial charge in [0.05, 0.1) is 0 Å². The van der Waals surface area contributed by atoms with Crippen molar-refractivity contribution >= 4 is 15.9 Å². The van der Waals surface area contributed by atoms with Crippen LogP contribution >= 0.6 is 15.9 Å². The molecule has 66 valence electrons. The lowest BCUT2D eigenvalue weighted by Gasteiger charge is -2.03. The van der Waals surface area contributed by atoms with Crippen LogP contribution < -0.4 is 11.3 Å². The van der Waals surface area contributed by atoms with Crippen LogP contribution in [0.25, 0.3) is 0 Å². The molecule has 4 heteroatoms. The molecule has 0 radical (unpaired) electrons. The third-order valence-electron chi connectivity index (χ3n) is 1.55. The van der Waals surface area contributed by atoms with E-state index in [0.717, 1.165) is 16.5 Å². The molecule has 0 heterocycles. The summed E-state index contributed by atoms with van der Waals surface area (Å²) in [5.41, 5.74) is 3.59. The lowest BCUT2D eigenvalue weighted by Crippen LogP contribution is -2.24. The van der Waals surface area contributed by atoms with E-state index in [2.05, 4.69) is 21.4 Å². The van der Waals surface area contributed by atoms with E-state index in [0.29, 0.717) is 6.54 Å². The van der Waals surface area contributed by atoms with Gasteiger partial charge in [0, 0.05) is 11.0 Å². The van der Waals surface area contributed by atoms with Gasteiger partial charge >= 0.3 is 0 Å². The Kier molecular flexibility index (Phi) is 3.65. The normalized spacial score (nSPS) is 10.2. The average Bonchev–Trinajstić information content (AvgIpc) is 2.03. The van der Waals surface area contributed by atoms with Crippen molar-refractivity contribution in [2.75, 3.05) is 6.54 Å². The van der Waals surface area contributed by atoms with E-state index in [9.17, 15) is 4.39 Å². The Bertz CT molecular complexity index is 265. The fraction of sp³-hybridized carbons (Fsp3) is 0.250. The molecule has 0 fully saturated rings. The van der Waals surface area contributed by atoms with Crippen molar-refractivity contribution < 1.29 is 4.39 Å². The third-order valence-corrected chi connectivity index (χ3v) is 2.29. The lowest BCUT2D eigenvalue weighted by molar-refractivity contribution is 0.625. The predicted molar refractivity (Wildman–Crippen MR) is 50.0 cm³/mol. The molecule has 0 aliphatic rings. The second-order valence-corrected chi connectivity index (χ2v) is 3.29. The molecule has 0 aliphatic heterocycles. The van der Waals surface area contributed by atoms with Gasteiger partial charge < -0.3 is 0 Å². The molecule has 0 saturated carbocycles. The minimum absolute atomic E-state index is 0.230. The van der Waals surface area contributed by atoms with Crippen molar-refractivity contribution in [1.82, 2.24) is 5.43 Å². The molecule has 0 amide bonds. The van der Waals surface area contributed by atoms with Gasteiger partial charge in [-0.1, -0.05) is 22.0 Å². The van der Waals surface area contributed by atoms with Crippen LogP contribution in [0.1, 0.15) is 5.56 Å². The van der Waals surface area contributed by atoms with Crippen LogP contribution in [0.2, 0.25) is 0 Å². The molecule has 1 aromatic carbocycles. The van der Waals surface area contributed by atoms with Gasteiger partial charge in [-0.05, 0) is 24.1 Å². The first-order valence-electron chi connectivity index (χ1n) is 3.61. The number of hydrogen-bond donors (Lipinski definition) is 2. The average molecular weight is 233 g/mol. The van der Waals surface area contributed by atoms with Crippen LogP contribution in [-0.2, 0) is 6.42 Å². The van der Waals surface area contributed by atoms with Crippen molar-refractivity contribution in [2.45, 2.75) is 6.42 Å². The summed E-state index contributed by atoms with van der Waals surface area (Å²) < 4.78 is 13.4. The number of rotatable bonds is 3. The van der Waals surface area contributed by atoms with Crippen molar-refractivity contribution in [1.29, 1.82) is 0 Å². The highest BCUT2D eigenvalue weighted by Crippen LogP contribution is 2.17. The van der Waals surface area contributed by atoms with Crippen LogP contribution in [-0.4, -0.2) is 6.54 Å². The van der Waals surface area contributed by atoms with Crippen molar-refractivity contribution in [2.24, 2.45) is 5.84 Å². The number of benzene rings is 1. The number of hydrogen-bond acceptors (Lipinski definition) is 2. The van der Waals surface area contributed by atoms with Crippen LogP contribution in [0.15, 0.2) is 22.7 Å². The van der Waals surface area contributed by atoms with E-state index >= 15 is 0 Å². The maximum absolute atomic E-state index is 12.6. The van der Waals surface area contributed by atoms with Crippen LogP contribution in [0.3, 0.4) is 0 Å². The number of halogens is 2. The van der Waals surface area contributed by atoms with Gasteiger partial charge in [0.25, 0.3) is 0 Å². The van der Waals surface area contributed by atoms with E-state index in [1.807, 2.05) is 0 Å².